The van der Waals surface area contributed by atoms with Gasteiger partial charge in [0.15, 0.2) is 11.5 Å². The van der Waals surface area contributed by atoms with Crippen LogP contribution in [0.15, 0.2) is 34.1 Å². The standard InChI is InChI=1S/C20H20F3N3O3S/c1-12-11-30-18(24-12)19(28,20(21,22)23)9-16(27)26-8-4-5-13(10-26)17-25-14-6-2-3-7-15(14)29-17/h2-3,6-7,11,13,28H,4-5,8-10H2,1H3. The minimum absolute atomic E-state index is 0.191. The predicted octanol–water partition coefficient (Wildman–Crippen LogP) is 4.14. The maximum Gasteiger partial charge on any atom is 0.424 e. The fourth-order valence-electron chi connectivity index (χ4n) is 3.64. The number of carbonyl (C=O) groups excluding carboxylic acids is 1. The Kier molecular flexibility index (Phi) is 5.31. The second-order valence-electron chi connectivity index (χ2n) is 7.53. The van der Waals surface area contributed by atoms with Crippen molar-refractivity contribution in [2.45, 2.75) is 43.9 Å². The number of aliphatic hydroxyl groups is 1. The molecule has 4 rings (SSSR count). The Hall–Kier alpha value is -2.46. The molecule has 1 aliphatic heterocycles. The summed E-state index contributed by atoms with van der Waals surface area (Å²) in [5.74, 6) is -0.519. The number of para-hydroxylation sites is 2. The molecule has 0 aliphatic carbocycles. The zero-order valence-electron chi connectivity index (χ0n) is 16.1. The minimum atomic E-state index is -5.03. The van der Waals surface area contributed by atoms with Crippen LogP contribution >= 0.6 is 11.3 Å². The van der Waals surface area contributed by atoms with Gasteiger partial charge in [0.05, 0.1) is 12.3 Å². The van der Waals surface area contributed by atoms with Gasteiger partial charge in [-0.15, -0.1) is 11.3 Å². The Labute approximate surface area is 174 Å². The van der Waals surface area contributed by atoms with Crippen LogP contribution in [-0.4, -0.2) is 45.1 Å². The van der Waals surface area contributed by atoms with E-state index in [1.807, 2.05) is 18.2 Å². The van der Waals surface area contributed by atoms with Crippen molar-refractivity contribution in [3.05, 3.63) is 46.2 Å². The number of hydrogen-bond donors (Lipinski definition) is 1. The first-order chi connectivity index (χ1) is 14.2. The quantitative estimate of drug-likeness (QED) is 0.661. The number of carbonyl (C=O) groups is 1. The number of amides is 1. The number of rotatable bonds is 4. The lowest BCUT2D eigenvalue weighted by atomic mass is 9.95. The average molecular weight is 439 g/mol. The van der Waals surface area contributed by atoms with Crippen LogP contribution in [0, 0.1) is 6.92 Å². The summed E-state index contributed by atoms with van der Waals surface area (Å²) in [4.78, 5) is 22.4. The highest BCUT2D eigenvalue weighted by molar-refractivity contribution is 7.09. The van der Waals surface area contributed by atoms with Crippen LogP contribution in [0.3, 0.4) is 0 Å². The number of hydrogen-bond acceptors (Lipinski definition) is 6. The van der Waals surface area contributed by atoms with Crippen LogP contribution < -0.4 is 0 Å². The third kappa shape index (κ3) is 3.81. The lowest BCUT2D eigenvalue weighted by Crippen LogP contribution is -2.48. The molecule has 30 heavy (non-hydrogen) atoms. The number of halogens is 3. The molecule has 0 saturated carbocycles. The molecule has 1 aliphatic rings. The van der Waals surface area contributed by atoms with Gasteiger partial charge in [-0.3, -0.25) is 4.79 Å². The van der Waals surface area contributed by atoms with E-state index in [0.717, 1.165) is 0 Å². The SMILES string of the molecule is Cc1csc(C(O)(CC(=O)N2CCCC(c3nc4ccccc4o3)C2)C(F)(F)F)n1. The third-order valence-electron chi connectivity index (χ3n) is 5.28. The van der Waals surface area contributed by atoms with Crippen LogP contribution in [0.5, 0.6) is 0 Å². The Morgan fingerprint density at radius 2 is 2.10 bits per heavy atom. The molecule has 0 bridgehead atoms. The molecule has 1 aromatic carbocycles. The van der Waals surface area contributed by atoms with Gasteiger partial charge in [0.25, 0.3) is 0 Å². The van der Waals surface area contributed by atoms with Crippen molar-refractivity contribution in [3.63, 3.8) is 0 Å². The predicted molar refractivity (Wildman–Crippen MR) is 104 cm³/mol. The summed E-state index contributed by atoms with van der Waals surface area (Å²) in [7, 11) is 0. The number of aromatic nitrogens is 2. The maximum atomic E-state index is 13.7. The van der Waals surface area contributed by atoms with Gasteiger partial charge >= 0.3 is 6.18 Å². The first kappa shape index (κ1) is 20.8. The summed E-state index contributed by atoms with van der Waals surface area (Å²) in [6, 6.07) is 7.26. The van der Waals surface area contributed by atoms with Gasteiger partial charge in [-0.25, -0.2) is 9.97 Å². The van der Waals surface area contributed by atoms with Gasteiger partial charge in [-0.05, 0) is 31.9 Å². The molecule has 0 spiro atoms. The summed E-state index contributed by atoms with van der Waals surface area (Å²) in [5, 5.41) is 11.4. The molecule has 3 aromatic rings. The van der Waals surface area contributed by atoms with E-state index in [1.54, 1.807) is 6.07 Å². The van der Waals surface area contributed by atoms with Crippen molar-refractivity contribution in [2.24, 2.45) is 0 Å². The van der Waals surface area contributed by atoms with Gasteiger partial charge in [-0.2, -0.15) is 13.2 Å². The Balaban J connectivity index is 1.53. The van der Waals surface area contributed by atoms with E-state index in [9.17, 15) is 23.1 Å². The molecule has 0 radical (unpaired) electrons. The molecule has 160 valence electrons. The maximum absolute atomic E-state index is 13.7. The molecule has 1 fully saturated rings. The smallest absolute Gasteiger partial charge is 0.424 e. The zero-order chi connectivity index (χ0) is 21.5. The van der Waals surface area contributed by atoms with Crippen molar-refractivity contribution in [1.82, 2.24) is 14.9 Å². The number of thiazole rings is 1. The molecule has 2 aromatic heterocycles. The molecular formula is C20H20F3N3O3S. The topological polar surface area (TPSA) is 79.5 Å². The normalized spacial score (nSPS) is 19.8. The second-order valence-corrected chi connectivity index (χ2v) is 8.39. The number of aryl methyl sites for hydroxylation is 1. The molecule has 6 nitrogen and oxygen atoms in total. The molecule has 2 unspecified atom stereocenters. The first-order valence-corrected chi connectivity index (χ1v) is 10.4. The van der Waals surface area contributed by atoms with Crippen molar-refractivity contribution in [1.29, 1.82) is 0 Å². The molecule has 1 N–H and O–H groups in total. The van der Waals surface area contributed by atoms with Gasteiger partial charge in [-0.1, -0.05) is 12.1 Å². The van der Waals surface area contributed by atoms with E-state index in [4.69, 9.17) is 4.42 Å². The molecule has 10 heteroatoms. The summed E-state index contributed by atoms with van der Waals surface area (Å²) in [6.45, 7) is 2.05. The number of likely N-dealkylation sites (tertiary alicyclic amines) is 1. The molecule has 1 amide bonds. The highest BCUT2D eigenvalue weighted by atomic mass is 32.1. The van der Waals surface area contributed by atoms with Crippen LogP contribution in [0.4, 0.5) is 13.2 Å². The number of benzene rings is 1. The van der Waals surface area contributed by atoms with Crippen LogP contribution in [0.25, 0.3) is 11.1 Å². The van der Waals surface area contributed by atoms with E-state index >= 15 is 0 Å². The van der Waals surface area contributed by atoms with E-state index < -0.39 is 29.1 Å². The van der Waals surface area contributed by atoms with Crippen molar-refractivity contribution < 1.29 is 27.5 Å². The molecule has 2 atom stereocenters. The highest BCUT2D eigenvalue weighted by Gasteiger charge is 2.58. The molecule has 1 saturated heterocycles. The van der Waals surface area contributed by atoms with Crippen molar-refractivity contribution >= 4 is 28.3 Å². The number of fused-ring (bicyclic) bond motifs is 1. The number of piperidine rings is 1. The van der Waals surface area contributed by atoms with Gasteiger partial charge in [0.1, 0.15) is 10.5 Å². The summed E-state index contributed by atoms with van der Waals surface area (Å²) in [6.07, 6.45) is -4.81. The van der Waals surface area contributed by atoms with Crippen molar-refractivity contribution in [3.8, 4) is 0 Å². The van der Waals surface area contributed by atoms with E-state index in [2.05, 4.69) is 9.97 Å². The lowest BCUT2D eigenvalue weighted by molar-refractivity contribution is -0.268. The largest absolute Gasteiger partial charge is 0.440 e. The Morgan fingerprint density at radius 3 is 2.77 bits per heavy atom. The highest BCUT2D eigenvalue weighted by Crippen LogP contribution is 2.43. The van der Waals surface area contributed by atoms with E-state index in [0.29, 0.717) is 53.4 Å². The van der Waals surface area contributed by atoms with Crippen molar-refractivity contribution in [2.75, 3.05) is 13.1 Å². The molecule has 3 heterocycles. The fourth-order valence-corrected chi connectivity index (χ4v) is 4.56. The number of oxazole rings is 1. The minimum Gasteiger partial charge on any atom is -0.440 e. The Morgan fingerprint density at radius 1 is 1.33 bits per heavy atom. The molecular weight excluding hydrogens is 419 g/mol. The Bertz CT molecular complexity index is 1030. The zero-order valence-corrected chi connectivity index (χ0v) is 17.0. The van der Waals surface area contributed by atoms with Crippen LogP contribution in [0.2, 0.25) is 0 Å². The second kappa shape index (κ2) is 7.66. The summed E-state index contributed by atoms with van der Waals surface area (Å²) in [5.41, 5.74) is -1.63. The van der Waals surface area contributed by atoms with E-state index in [1.165, 1.54) is 17.2 Å². The third-order valence-corrected chi connectivity index (χ3v) is 6.39. The average Bonchev–Trinajstić information content (AvgIpc) is 3.33. The van der Waals surface area contributed by atoms with Crippen LogP contribution in [-0.2, 0) is 10.4 Å². The fraction of sp³-hybridized carbons (Fsp3) is 0.450. The summed E-state index contributed by atoms with van der Waals surface area (Å²) >= 11 is 0.695. The van der Waals surface area contributed by atoms with Gasteiger partial charge in [0.2, 0.25) is 11.5 Å². The van der Waals surface area contributed by atoms with Gasteiger partial charge in [0, 0.05) is 24.2 Å². The van der Waals surface area contributed by atoms with Gasteiger partial charge < -0.3 is 14.4 Å². The van der Waals surface area contributed by atoms with Crippen LogP contribution in [0.1, 0.15) is 41.8 Å². The number of alkyl halides is 3. The first-order valence-electron chi connectivity index (χ1n) is 9.52. The monoisotopic (exact) mass is 439 g/mol. The number of nitrogens with zero attached hydrogens (tertiary/aromatic N) is 3. The lowest BCUT2D eigenvalue weighted by Gasteiger charge is -2.34. The van der Waals surface area contributed by atoms with E-state index in [-0.39, 0.29) is 12.5 Å². The summed E-state index contributed by atoms with van der Waals surface area (Å²) < 4.78 is 46.9.